The highest BCUT2D eigenvalue weighted by atomic mass is 35.5. The van der Waals surface area contributed by atoms with Crippen molar-refractivity contribution in [3.05, 3.63) is 59.9 Å². The number of aromatic nitrogens is 5. The van der Waals surface area contributed by atoms with Crippen LogP contribution in [0.15, 0.2) is 42.9 Å². The summed E-state index contributed by atoms with van der Waals surface area (Å²) in [6, 6.07) is 7.42. The number of benzene rings is 1. The van der Waals surface area contributed by atoms with E-state index in [1.54, 1.807) is 22.8 Å². The normalized spacial score (nSPS) is 11.0. The highest BCUT2D eigenvalue weighted by Gasteiger charge is 2.15. The number of carbonyl (C=O) groups is 1. The molecule has 32 heavy (non-hydrogen) atoms. The summed E-state index contributed by atoms with van der Waals surface area (Å²) < 4.78 is 20.7. The SMILES string of the molecule is Cc1c(OCCCCl)cn2ncnc(Nc3cc(CC(=O)Nc4cccc(F)c4)n[nH]3)c12. The van der Waals surface area contributed by atoms with Crippen molar-refractivity contribution in [3.63, 3.8) is 0 Å². The van der Waals surface area contributed by atoms with Crippen LogP contribution in [0.2, 0.25) is 0 Å². The van der Waals surface area contributed by atoms with Crippen LogP contribution in [0.3, 0.4) is 0 Å². The van der Waals surface area contributed by atoms with Crippen LogP contribution in [-0.4, -0.2) is 43.2 Å². The molecule has 1 aromatic carbocycles. The van der Waals surface area contributed by atoms with Gasteiger partial charge in [0.25, 0.3) is 0 Å². The molecule has 0 saturated heterocycles. The predicted molar refractivity (Wildman–Crippen MR) is 119 cm³/mol. The van der Waals surface area contributed by atoms with Gasteiger partial charge in [0.05, 0.1) is 24.9 Å². The number of amides is 1. The van der Waals surface area contributed by atoms with Gasteiger partial charge in [-0.3, -0.25) is 9.89 Å². The van der Waals surface area contributed by atoms with Gasteiger partial charge in [0.15, 0.2) is 5.82 Å². The van der Waals surface area contributed by atoms with Crippen LogP contribution in [0.5, 0.6) is 5.75 Å². The van der Waals surface area contributed by atoms with Crippen LogP contribution in [-0.2, 0) is 11.2 Å². The van der Waals surface area contributed by atoms with E-state index < -0.39 is 5.82 Å². The van der Waals surface area contributed by atoms with Crippen molar-refractivity contribution < 1.29 is 13.9 Å². The molecule has 9 nitrogen and oxygen atoms in total. The summed E-state index contributed by atoms with van der Waals surface area (Å²) in [7, 11) is 0. The fourth-order valence-corrected chi connectivity index (χ4v) is 3.30. The van der Waals surface area contributed by atoms with E-state index in [1.807, 2.05) is 6.92 Å². The van der Waals surface area contributed by atoms with Gasteiger partial charge in [0.2, 0.25) is 5.91 Å². The van der Waals surface area contributed by atoms with Crippen molar-refractivity contribution in [2.75, 3.05) is 23.1 Å². The maximum Gasteiger partial charge on any atom is 0.230 e. The Kier molecular flexibility index (Phi) is 6.50. The molecule has 0 atom stereocenters. The van der Waals surface area contributed by atoms with Crippen molar-refractivity contribution in [3.8, 4) is 5.75 Å². The number of carbonyl (C=O) groups excluding carboxylic acids is 1. The van der Waals surface area contributed by atoms with E-state index in [9.17, 15) is 9.18 Å². The Balaban J connectivity index is 1.45. The van der Waals surface area contributed by atoms with Crippen molar-refractivity contribution >= 4 is 40.3 Å². The highest BCUT2D eigenvalue weighted by molar-refractivity contribution is 6.17. The Morgan fingerprint density at radius 1 is 1.34 bits per heavy atom. The average molecular weight is 458 g/mol. The molecule has 3 N–H and O–H groups in total. The minimum absolute atomic E-state index is 0.0244. The number of aryl methyl sites for hydroxylation is 1. The number of hydrogen-bond acceptors (Lipinski definition) is 6. The second-order valence-corrected chi connectivity index (χ2v) is 7.42. The van der Waals surface area contributed by atoms with E-state index in [4.69, 9.17) is 16.3 Å². The molecule has 0 aliphatic heterocycles. The first-order valence-corrected chi connectivity index (χ1v) is 10.5. The largest absolute Gasteiger partial charge is 0.492 e. The second-order valence-electron chi connectivity index (χ2n) is 7.04. The minimum atomic E-state index is -0.418. The maximum absolute atomic E-state index is 13.3. The zero-order valence-electron chi connectivity index (χ0n) is 17.2. The van der Waals surface area contributed by atoms with E-state index in [2.05, 4.69) is 30.9 Å². The molecule has 0 radical (unpaired) electrons. The second kappa shape index (κ2) is 9.65. The lowest BCUT2D eigenvalue weighted by atomic mass is 10.2. The van der Waals surface area contributed by atoms with Crippen molar-refractivity contribution in [1.29, 1.82) is 0 Å². The van der Waals surface area contributed by atoms with E-state index in [0.717, 1.165) is 17.5 Å². The molecule has 0 spiro atoms. The monoisotopic (exact) mass is 457 g/mol. The standard InChI is InChI=1S/C21H21ClFN7O2/c1-13-17(32-7-3-6-22)11-30-20(13)21(24-12-25-30)27-18-9-16(28-29-18)10-19(31)26-15-5-2-4-14(23)8-15/h2,4-5,8-9,11-12H,3,6-7,10H2,1H3,(H,26,31)(H2,24,25,27,28,29). The molecule has 0 fully saturated rings. The Hall–Kier alpha value is -3.66. The molecule has 3 aromatic heterocycles. The molecule has 1 amide bonds. The lowest BCUT2D eigenvalue weighted by molar-refractivity contribution is -0.115. The molecule has 0 saturated carbocycles. The van der Waals surface area contributed by atoms with Gasteiger partial charge in [-0.25, -0.2) is 13.9 Å². The number of hydrogen-bond donors (Lipinski definition) is 3. The topological polar surface area (TPSA) is 109 Å². The summed E-state index contributed by atoms with van der Waals surface area (Å²) >= 11 is 5.71. The zero-order valence-corrected chi connectivity index (χ0v) is 18.0. The quantitative estimate of drug-likeness (QED) is 0.260. The van der Waals surface area contributed by atoms with Crippen LogP contribution >= 0.6 is 11.6 Å². The Labute approximate surface area is 188 Å². The van der Waals surface area contributed by atoms with E-state index >= 15 is 0 Å². The first-order valence-electron chi connectivity index (χ1n) is 9.92. The van der Waals surface area contributed by atoms with Gasteiger partial charge >= 0.3 is 0 Å². The van der Waals surface area contributed by atoms with Gasteiger partial charge < -0.3 is 15.4 Å². The molecule has 4 rings (SSSR count). The third-order valence-corrected chi connectivity index (χ3v) is 4.92. The fourth-order valence-electron chi connectivity index (χ4n) is 3.19. The molecule has 166 valence electrons. The van der Waals surface area contributed by atoms with Gasteiger partial charge in [-0.15, -0.1) is 11.6 Å². The third kappa shape index (κ3) is 4.97. The van der Waals surface area contributed by atoms with Gasteiger partial charge in [0, 0.05) is 23.2 Å². The number of nitrogens with one attached hydrogen (secondary N) is 3. The summed E-state index contributed by atoms with van der Waals surface area (Å²) in [5, 5.41) is 17.1. The summed E-state index contributed by atoms with van der Waals surface area (Å²) in [6.45, 7) is 2.44. The average Bonchev–Trinajstić information content (AvgIpc) is 3.32. The number of H-pyrrole nitrogens is 1. The number of ether oxygens (including phenoxy) is 1. The summed E-state index contributed by atoms with van der Waals surface area (Å²) in [6.07, 6.45) is 3.99. The maximum atomic E-state index is 13.3. The van der Waals surface area contributed by atoms with Crippen LogP contribution < -0.4 is 15.4 Å². The van der Waals surface area contributed by atoms with E-state index in [-0.39, 0.29) is 12.3 Å². The lowest BCUT2D eigenvalue weighted by Crippen LogP contribution is -2.14. The van der Waals surface area contributed by atoms with Gasteiger partial charge in [0.1, 0.15) is 29.2 Å². The summed E-state index contributed by atoms with van der Waals surface area (Å²) in [4.78, 5) is 16.6. The van der Waals surface area contributed by atoms with Crippen LogP contribution in [0, 0.1) is 12.7 Å². The van der Waals surface area contributed by atoms with Crippen LogP contribution in [0.4, 0.5) is 21.7 Å². The number of nitrogens with zero attached hydrogens (tertiary/aromatic N) is 4. The van der Waals surface area contributed by atoms with E-state index in [0.29, 0.717) is 41.3 Å². The van der Waals surface area contributed by atoms with Crippen LogP contribution in [0.1, 0.15) is 17.7 Å². The zero-order chi connectivity index (χ0) is 22.5. The van der Waals surface area contributed by atoms with Gasteiger partial charge in [-0.05, 0) is 31.5 Å². The van der Waals surface area contributed by atoms with E-state index in [1.165, 1.54) is 24.5 Å². The smallest absolute Gasteiger partial charge is 0.230 e. The molecule has 0 aliphatic rings. The van der Waals surface area contributed by atoms with Crippen molar-refractivity contribution in [1.82, 2.24) is 24.8 Å². The Bertz CT molecular complexity index is 1240. The molecule has 0 bridgehead atoms. The van der Waals surface area contributed by atoms with Crippen molar-refractivity contribution in [2.45, 2.75) is 19.8 Å². The Morgan fingerprint density at radius 3 is 3.03 bits per heavy atom. The summed E-state index contributed by atoms with van der Waals surface area (Å²) in [5.74, 6) is 1.63. The summed E-state index contributed by atoms with van der Waals surface area (Å²) in [5.41, 5.74) is 2.55. The molecule has 11 heteroatoms. The number of rotatable bonds is 9. The number of anilines is 3. The number of aromatic amines is 1. The molecular formula is C21H21ClFN7O2. The molecule has 0 aliphatic carbocycles. The Morgan fingerprint density at radius 2 is 2.22 bits per heavy atom. The minimum Gasteiger partial charge on any atom is -0.492 e. The number of alkyl halides is 1. The molecule has 3 heterocycles. The third-order valence-electron chi connectivity index (χ3n) is 4.65. The predicted octanol–water partition coefficient (Wildman–Crippen LogP) is 3.83. The number of halogens is 2. The highest BCUT2D eigenvalue weighted by Crippen LogP contribution is 2.29. The fraction of sp³-hybridized carbons (Fsp3) is 0.238. The van der Waals surface area contributed by atoms with Gasteiger partial charge in [-0.1, -0.05) is 6.07 Å². The van der Waals surface area contributed by atoms with Crippen molar-refractivity contribution in [2.24, 2.45) is 0 Å². The molecule has 4 aromatic rings. The number of fused-ring (bicyclic) bond motifs is 1. The molecule has 0 unspecified atom stereocenters. The lowest BCUT2D eigenvalue weighted by Gasteiger charge is -2.06. The molecular weight excluding hydrogens is 437 g/mol. The first kappa shape index (κ1) is 21.6. The van der Waals surface area contributed by atoms with Gasteiger partial charge in [-0.2, -0.15) is 10.2 Å². The first-order chi connectivity index (χ1) is 15.5. The van der Waals surface area contributed by atoms with Crippen LogP contribution in [0.25, 0.3) is 5.52 Å².